The third-order valence-corrected chi connectivity index (χ3v) is 7.67. The van der Waals surface area contributed by atoms with Crippen LogP contribution >= 0.6 is 11.6 Å². The van der Waals surface area contributed by atoms with E-state index in [1.54, 1.807) is 7.11 Å². The topological polar surface area (TPSA) is 21.7 Å². The monoisotopic (exact) mass is 499 g/mol. The quantitative estimate of drug-likeness (QED) is 0.218. The summed E-state index contributed by atoms with van der Waals surface area (Å²) >= 11 is 6.31. The molecule has 0 aromatic heterocycles. The van der Waals surface area contributed by atoms with Crippen LogP contribution in [-0.4, -0.2) is 37.7 Å². The van der Waals surface area contributed by atoms with Crippen LogP contribution < -0.4 is 9.47 Å². The number of benzene rings is 4. The van der Waals surface area contributed by atoms with Gasteiger partial charge in [-0.1, -0.05) is 66.2 Å². The standard InChI is InChI=1S/C32H34ClNO2/c1-23-7-5-18-34(23)19-6-20-36-27-14-10-24(11-15-27)21-30-28-9-4-3-8-25(28)12-16-29(30)26-13-17-31(33)32(22-26)35-2/h3-4,8-17,22-23H,5-7,18-21H2,1-2H3. The minimum absolute atomic E-state index is 0.620. The molecule has 1 heterocycles. The van der Waals surface area contributed by atoms with Crippen molar-refractivity contribution in [1.82, 2.24) is 4.90 Å². The first kappa shape index (κ1) is 24.7. The van der Waals surface area contributed by atoms with Crippen LogP contribution in [-0.2, 0) is 6.42 Å². The molecule has 4 aromatic carbocycles. The Labute approximate surface area is 219 Å². The molecule has 186 valence electrons. The van der Waals surface area contributed by atoms with Gasteiger partial charge in [0, 0.05) is 12.6 Å². The maximum Gasteiger partial charge on any atom is 0.138 e. The molecular weight excluding hydrogens is 466 g/mol. The summed E-state index contributed by atoms with van der Waals surface area (Å²) in [6.45, 7) is 5.44. The van der Waals surface area contributed by atoms with E-state index in [-0.39, 0.29) is 0 Å². The number of halogens is 1. The lowest BCUT2D eigenvalue weighted by molar-refractivity contribution is 0.230. The molecule has 1 aliphatic rings. The number of likely N-dealkylation sites (tertiary alicyclic amines) is 1. The van der Waals surface area contributed by atoms with Crippen LogP contribution in [0, 0.1) is 0 Å². The van der Waals surface area contributed by atoms with Gasteiger partial charge in [-0.3, -0.25) is 0 Å². The van der Waals surface area contributed by atoms with Gasteiger partial charge in [-0.05, 0) is 96.4 Å². The Morgan fingerprint density at radius 2 is 1.81 bits per heavy atom. The molecule has 4 aromatic rings. The van der Waals surface area contributed by atoms with E-state index < -0.39 is 0 Å². The van der Waals surface area contributed by atoms with Crippen molar-refractivity contribution >= 4 is 22.4 Å². The van der Waals surface area contributed by atoms with Crippen LogP contribution in [0.15, 0.2) is 78.9 Å². The highest BCUT2D eigenvalue weighted by Crippen LogP contribution is 2.36. The number of rotatable bonds is 9. The van der Waals surface area contributed by atoms with E-state index >= 15 is 0 Å². The van der Waals surface area contributed by atoms with E-state index in [0.717, 1.165) is 43.3 Å². The molecule has 0 radical (unpaired) electrons. The number of hydrogen-bond donors (Lipinski definition) is 0. The van der Waals surface area contributed by atoms with Gasteiger partial charge in [-0.2, -0.15) is 0 Å². The number of fused-ring (bicyclic) bond motifs is 1. The van der Waals surface area contributed by atoms with Gasteiger partial charge in [0.2, 0.25) is 0 Å². The highest BCUT2D eigenvalue weighted by molar-refractivity contribution is 6.32. The number of ether oxygens (including phenoxy) is 2. The van der Waals surface area contributed by atoms with Gasteiger partial charge < -0.3 is 14.4 Å². The van der Waals surface area contributed by atoms with Crippen LogP contribution in [0.1, 0.15) is 37.3 Å². The molecule has 4 heteroatoms. The van der Waals surface area contributed by atoms with Crippen molar-refractivity contribution in [3.05, 3.63) is 95.0 Å². The summed E-state index contributed by atoms with van der Waals surface area (Å²) in [7, 11) is 1.66. The smallest absolute Gasteiger partial charge is 0.138 e. The van der Waals surface area contributed by atoms with Crippen LogP contribution in [0.25, 0.3) is 21.9 Å². The Balaban J connectivity index is 1.33. The maximum absolute atomic E-state index is 6.31. The average molecular weight is 500 g/mol. The molecular formula is C32H34ClNO2. The third kappa shape index (κ3) is 5.53. The normalized spacial score (nSPS) is 15.9. The number of nitrogens with zero attached hydrogens (tertiary/aromatic N) is 1. The highest BCUT2D eigenvalue weighted by atomic mass is 35.5. The molecule has 1 aliphatic heterocycles. The minimum Gasteiger partial charge on any atom is -0.495 e. The molecule has 5 rings (SSSR count). The molecule has 0 aliphatic carbocycles. The third-order valence-electron chi connectivity index (χ3n) is 7.36. The van der Waals surface area contributed by atoms with E-state index in [1.165, 1.54) is 46.8 Å². The van der Waals surface area contributed by atoms with Gasteiger partial charge in [0.15, 0.2) is 0 Å². The van der Waals surface area contributed by atoms with E-state index in [4.69, 9.17) is 21.1 Å². The molecule has 0 spiro atoms. The summed E-state index contributed by atoms with van der Waals surface area (Å²) in [5.74, 6) is 1.63. The van der Waals surface area contributed by atoms with Gasteiger partial charge in [0.05, 0.1) is 18.7 Å². The SMILES string of the molecule is COc1cc(-c2ccc3ccccc3c2Cc2ccc(OCCCN3CCCC3C)cc2)ccc1Cl. The number of methoxy groups -OCH3 is 1. The zero-order chi connectivity index (χ0) is 24.9. The Bertz CT molecular complexity index is 1320. The first-order valence-electron chi connectivity index (χ1n) is 12.9. The summed E-state index contributed by atoms with van der Waals surface area (Å²) in [6.07, 6.45) is 4.55. The van der Waals surface area contributed by atoms with Crippen LogP contribution in [0.3, 0.4) is 0 Å². The molecule has 0 bridgehead atoms. The lowest BCUT2D eigenvalue weighted by atomic mass is 9.90. The van der Waals surface area contributed by atoms with E-state index in [9.17, 15) is 0 Å². The fraction of sp³-hybridized carbons (Fsp3) is 0.312. The summed E-state index contributed by atoms with van der Waals surface area (Å²) in [6, 6.07) is 28.3. The van der Waals surface area contributed by atoms with Crippen molar-refractivity contribution in [3.63, 3.8) is 0 Å². The van der Waals surface area contributed by atoms with Gasteiger partial charge in [-0.15, -0.1) is 0 Å². The summed E-state index contributed by atoms with van der Waals surface area (Å²) in [5, 5.41) is 3.12. The Morgan fingerprint density at radius 1 is 0.972 bits per heavy atom. The first-order valence-corrected chi connectivity index (χ1v) is 13.3. The molecule has 3 nitrogen and oxygen atoms in total. The van der Waals surface area contributed by atoms with Crippen molar-refractivity contribution < 1.29 is 9.47 Å². The molecule has 1 saturated heterocycles. The maximum atomic E-state index is 6.31. The van der Waals surface area contributed by atoms with E-state index in [0.29, 0.717) is 10.8 Å². The van der Waals surface area contributed by atoms with Crippen molar-refractivity contribution in [3.8, 4) is 22.6 Å². The molecule has 1 fully saturated rings. The summed E-state index contributed by atoms with van der Waals surface area (Å²) < 4.78 is 11.5. The van der Waals surface area contributed by atoms with Gasteiger partial charge in [-0.25, -0.2) is 0 Å². The predicted octanol–water partition coefficient (Wildman–Crippen LogP) is 8.01. The second kappa shape index (κ2) is 11.4. The molecule has 0 saturated carbocycles. The molecule has 1 unspecified atom stereocenters. The lowest BCUT2D eigenvalue weighted by Gasteiger charge is -2.20. The Hall–Kier alpha value is -3.01. The summed E-state index contributed by atoms with van der Waals surface area (Å²) in [5.41, 5.74) is 4.85. The Morgan fingerprint density at radius 3 is 2.58 bits per heavy atom. The van der Waals surface area contributed by atoms with Crippen LogP contribution in [0.4, 0.5) is 0 Å². The lowest BCUT2D eigenvalue weighted by Crippen LogP contribution is -2.28. The average Bonchev–Trinajstić information content (AvgIpc) is 3.32. The molecule has 0 amide bonds. The van der Waals surface area contributed by atoms with Gasteiger partial charge in [0.1, 0.15) is 11.5 Å². The van der Waals surface area contributed by atoms with Crippen molar-refractivity contribution in [2.45, 2.75) is 38.6 Å². The second-order valence-corrected chi connectivity index (χ2v) is 10.1. The second-order valence-electron chi connectivity index (χ2n) is 9.71. The zero-order valence-electron chi connectivity index (χ0n) is 21.2. The minimum atomic E-state index is 0.620. The van der Waals surface area contributed by atoms with Gasteiger partial charge >= 0.3 is 0 Å². The fourth-order valence-electron chi connectivity index (χ4n) is 5.31. The summed E-state index contributed by atoms with van der Waals surface area (Å²) in [4.78, 5) is 2.57. The molecule has 1 atom stereocenters. The van der Waals surface area contributed by atoms with Crippen molar-refractivity contribution in [1.29, 1.82) is 0 Å². The first-order chi connectivity index (χ1) is 17.6. The van der Waals surface area contributed by atoms with Crippen molar-refractivity contribution in [2.24, 2.45) is 0 Å². The van der Waals surface area contributed by atoms with Gasteiger partial charge in [0.25, 0.3) is 0 Å². The largest absolute Gasteiger partial charge is 0.495 e. The Kier molecular flexibility index (Phi) is 7.79. The highest BCUT2D eigenvalue weighted by Gasteiger charge is 2.19. The molecule has 0 N–H and O–H groups in total. The number of hydrogen-bond acceptors (Lipinski definition) is 3. The van der Waals surface area contributed by atoms with Crippen molar-refractivity contribution in [2.75, 3.05) is 26.8 Å². The molecule has 36 heavy (non-hydrogen) atoms. The van der Waals surface area contributed by atoms with Crippen LogP contribution in [0.2, 0.25) is 5.02 Å². The predicted molar refractivity (Wildman–Crippen MR) is 151 cm³/mol. The van der Waals surface area contributed by atoms with E-state index in [2.05, 4.69) is 78.6 Å². The van der Waals surface area contributed by atoms with Crippen LogP contribution in [0.5, 0.6) is 11.5 Å². The van der Waals surface area contributed by atoms with E-state index in [1.807, 2.05) is 12.1 Å². The zero-order valence-corrected chi connectivity index (χ0v) is 21.9. The fourth-order valence-corrected chi connectivity index (χ4v) is 5.51.